The number of carbonyl (C=O) groups excluding carboxylic acids is 1. The predicted octanol–water partition coefficient (Wildman–Crippen LogP) is 2.14. The van der Waals surface area contributed by atoms with E-state index in [1.54, 1.807) is 30.5 Å². The normalized spacial score (nSPS) is 10.7. The molecule has 0 saturated carbocycles. The van der Waals surface area contributed by atoms with Crippen LogP contribution in [0.1, 0.15) is 10.4 Å². The van der Waals surface area contributed by atoms with Crippen molar-refractivity contribution in [3.63, 3.8) is 0 Å². The number of non-ortho nitro benzene ring substituents is 1. The largest absolute Gasteiger partial charge is 0.270 e. The van der Waals surface area contributed by atoms with E-state index < -0.39 is 4.92 Å². The zero-order valence-corrected chi connectivity index (χ0v) is 9.26. The van der Waals surface area contributed by atoms with Gasteiger partial charge in [-0.15, -0.1) is 0 Å². The van der Waals surface area contributed by atoms with Crippen LogP contribution in [0.5, 0.6) is 0 Å². The number of hydrogen-bond donors (Lipinski definition) is 0. The molecule has 1 heterocycles. The Kier molecular flexibility index (Phi) is 3.29. The fourth-order valence-electron chi connectivity index (χ4n) is 1.35. The maximum absolute atomic E-state index is 11.6. The SMILES string of the molecule is O=C(C=Cc1ccc([N+](=O)[O-])cc1)n1cccn1. The molecule has 2 rings (SSSR count). The molecule has 0 amide bonds. The van der Waals surface area contributed by atoms with E-state index in [1.807, 2.05) is 0 Å². The summed E-state index contributed by atoms with van der Waals surface area (Å²) < 4.78 is 1.20. The minimum absolute atomic E-state index is 0.0190. The quantitative estimate of drug-likeness (QED) is 0.470. The van der Waals surface area contributed by atoms with Crippen molar-refractivity contribution < 1.29 is 9.72 Å². The van der Waals surface area contributed by atoms with Gasteiger partial charge in [0.2, 0.25) is 0 Å². The van der Waals surface area contributed by atoms with Crippen molar-refractivity contribution in [3.8, 4) is 0 Å². The van der Waals surface area contributed by atoms with Gasteiger partial charge in [-0.3, -0.25) is 14.9 Å². The van der Waals surface area contributed by atoms with E-state index in [4.69, 9.17) is 0 Å². The van der Waals surface area contributed by atoms with E-state index in [0.29, 0.717) is 5.56 Å². The van der Waals surface area contributed by atoms with Crippen molar-refractivity contribution in [1.82, 2.24) is 9.78 Å². The summed E-state index contributed by atoms with van der Waals surface area (Å²) in [5, 5.41) is 14.2. The van der Waals surface area contributed by atoms with Crippen LogP contribution in [0.3, 0.4) is 0 Å². The van der Waals surface area contributed by atoms with Gasteiger partial charge in [0.1, 0.15) is 0 Å². The topological polar surface area (TPSA) is 78.0 Å². The second-order valence-electron chi connectivity index (χ2n) is 3.47. The Balaban J connectivity index is 2.09. The molecule has 2 aromatic rings. The molecular weight excluding hydrogens is 234 g/mol. The summed E-state index contributed by atoms with van der Waals surface area (Å²) in [4.78, 5) is 21.5. The van der Waals surface area contributed by atoms with Crippen LogP contribution in [0.25, 0.3) is 6.08 Å². The molecule has 0 radical (unpaired) electrons. The first-order chi connectivity index (χ1) is 8.66. The summed E-state index contributed by atoms with van der Waals surface area (Å²) in [6.45, 7) is 0. The molecular formula is C12H9N3O3. The average Bonchev–Trinajstić information content (AvgIpc) is 2.90. The number of rotatable bonds is 3. The highest BCUT2D eigenvalue weighted by molar-refractivity contribution is 5.92. The van der Waals surface area contributed by atoms with Crippen LogP contribution >= 0.6 is 0 Å². The first-order valence-electron chi connectivity index (χ1n) is 5.13. The average molecular weight is 243 g/mol. The minimum atomic E-state index is -0.470. The van der Waals surface area contributed by atoms with E-state index in [-0.39, 0.29) is 11.6 Å². The van der Waals surface area contributed by atoms with Crippen molar-refractivity contribution in [2.45, 2.75) is 0 Å². The van der Waals surface area contributed by atoms with Gasteiger partial charge in [0, 0.05) is 30.6 Å². The third-order valence-electron chi connectivity index (χ3n) is 2.25. The first-order valence-corrected chi connectivity index (χ1v) is 5.13. The van der Waals surface area contributed by atoms with Crippen LogP contribution in [0.15, 0.2) is 48.8 Å². The zero-order valence-electron chi connectivity index (χ0n) is 9.26. The summed E-state index contributed by atoms with van der Waals surface area (Å²) in [7, 11) is 0. The second kappa shape index (κ2) is 5.05. The zero-order chi connectivity index (χ0) is 13.0. The van der Waals surface area contributed by atoms with Crippen molar-refractivity contribution in [2.75, 3.05) is 0 Å². The Morgan fingerprint density at radius 1 is 1.33 bits per heavy atom. The number of allylic oxidation sites excluding steroid dienone is 1. The molecule has 1 aromatic heterocycles. The number of nitro benzene ring substituents is 1. The van der Waals surface area contributed by atoms with Crippen LogP contribution in [0, 0.1) is 10.1 Å². The monoisotopic (exact) mass is 243 g/mol. The number of carbonyl (C=O) groups is 1. The van der Waals surface area contributed by atoms with Crippen molar-refractivity contribution in [3.05, 3.63) is 64.5 Å². The smallest absolute Gasteiger partial charge is 0.267 e. The van der Waals surface area contributed by atoms with Crippen LogP contribution in [0.2, 0.25) is 0 Å². The maximum Gasteiger partial charge on any atom is 0.270 e. The third kappa shape index (κ3) is 2.67. The Bertz CT molecular complexity index is 586. The van der Waals surface area contributed by atoms with Gasteiger partial charge in [-0.25, -0.2) is 4.68 Å². The molecule has 0 unspecified atom stereocenters. The molecule has 6 heteroatoms. The van der Waals surface area contributed by atoms with Gasteiger partial charge < -0.3 is 0 Å². The molecule has 0 bridgehead atoms. The lowest BCUT2D eigenvalue weighted by molar-refractivity contribution is -0.384. The lowest BCUT2D eigenvalue weighted by Gasteiger charge is -1.95. The molecule has 1 aromatic carbocycles. The van der Waals surface area contributed by atoms with E-state index in [1.165, 1.54) is 29.1 Å². The lowest BCUT2D eigenvalue weighted by Crippen LogP contribution is -2.06. The molecule has 0 saturated heterocycles. The molecule has 0 aliphatic carbocycles. The standard InChI is InChI=1S/C12H9N3O3/c16-12(14-9-1-8-13-14)7-4-10-2-5-11(6-3-10)15(17)18/h1-9H. The minimum Gasteiger partial charge on any atom is -0.267 e. The summed E-state index contributed by atoms with van der Waals surface area (Å²) in [5.41, 5.74) is 0.728. The molecule has 6 nitrogen and oxygen atoms in total. The number of nitro groups is 1. The summed E-state index contributed by atoms with van der Waals surface area (Å²) in [6, 6.07) is 7.57. The van der Waals surface area contributed by atoms with Crippen LogP contribution in [-0.4, -0.2) is 20.6 Å². The van der Waals surface area contributed by atoms with Crippen LogP contribution in [-0.2, 0) is 0 Å². The molecule has 0 atom stereocenters. The fraction of sp³-hybridized carbons (Fsp3) is 0. The Labute approximate surface area is 102 Å². The van der Waals surface area contributed by atoms with E-state index in [9.17, 15) is 14.9 Å². The molecule has 0 aliphatic heterocycles. The summed E-state index contributed by atoms with van der Waals surface area (Å²) in [5.74, 6) is -0.279. The van der Waals surface area contributed by atoms with Gasteiger partial charge in [0.15, 0.2) is 0 Å². The molecule has 0 aliphatic rings. The van der Waals surface area contributed by atoms with Gasteiger partial charge in [0.25, 0.3) is 11.6 Å². The highest BCUT2D eigenvalue weighted by Crippen LogP contribution is 2.12. The molecule has 18 heavy (non-hydrogen) atoms. The van der Waals surface area contributed by atoms with Crippen LogP contribution < -0.4 is 0 Å². The molecule has 90 valence electrons. The molecule has 0 N–H and O–H groups in total. The third-order valence-corrected chi connectivity index (χ3v) is 2.25. The summed E-state index contributed by atoms with van der Waals surface area (Å²) >= 11 is 0. The van der Waals surface area contributed by atoms with E-state index in [2.05, 4.69) is 5.10 Å². The van der Waals surface area contributed by atoms with Gasteiger partial charge >= 0.3 is 0 Å². The highest BCUT2D eigenvalue weighted by atomic mass is 16.6. The van der Waals surface area contributed by atoms with Gasteiger partial charge in [-0.05, 0) is 29.8 Å². The van der Waals surface area contributed by atoms with E-state index in [0.717, 1.165) is 0 Å². The van der Waals surface area contributed by atoms with Crippen molar-refractivity contribution >= 4 is 17.7 Å². The van der Waals surface area contributed by atoms with Crippen LogP contribution in [0.4, 0.5) is 5.69 Å². The number of nitrogens with zero attached hydrogens (tertiary/aromatic N) is 3. The predicted molar refractivity (Wildman–Crippen MR) is 65.0 cm³/mol. The Morgan fingerprint density at radius 2 is 2.06 bits per heavy atom. The Morgan fingerprint density at radius 3 is 2.61 bits per heavy atom. The number of benzene rings is 1. The van der Waals surface area contributed by atoms with Crippen molar-refractivity contribution in [1.29, 1.82) is 0 Å². The van der Waals surface area contributed by atoms with Crippen molar-refractivity contribution in [2.24, 2.45) is 0 Å². The number of aromatic nitrogens is 2. The van der Waals surface area contributed by atoms with E-state index >= 15 is 0 Å². The highest BCUT2D eigenvalue weighted by Gasteiger charge is 2.03. The van der Waals surface area contributed by atoms with Gasteiger partial charge in [-0.1, -0.05) is 0 Å². The second-order valence-corrected chi connectivity index (χ2v) is 3.47. The molecule has 0 spiro atoms. The maximum atomic E-state index is 11.6. The first kappa shape index (κ1) is 11.7. The van der Waals surface area contributed by atoms with Gasteiger partial charge in [-0.2, -0.15) is 5.10 Å². The molecule has 0 fully saturated rings. The van der Waals surface area contributed by atoms with Gasteiger partial charge in [0.05, 0.1) is 4.92 Å². The Hall–Kier alpha value is -2.76. The summed E-state index contributed by atoms with van der Waals surface area (Å²) in [6.07, 6.45) is 5.99. The lowest BCUT2D eigenvalue weighted by atomic mass is 10.2. The fourth-order valence-corrected chi connectivity index (χ4v) is 1.35. The number of hydrogen-bond acceptors (Lipinski definition) is 4.